The molecule has 7 nitrogen and oxygen atoms in total. The van der Waals surface area contributed by atoms with Crippen molar-refractivity contribution in [2.45, 2.75) is 33.1 Å². The second kappa shape index (κ2) is 9.85. The predicted octanol–water partition coefficient (Wildman–Crippen LogP) is 1.42. The Kier molecular flexibility index (Phi) is 8.74. The fourth-order valence-electron chi connectivity index (χ4n) is 1.23. The molecular formula is C12H18N2O5. The van der Waals surface area contributed by atoms with Crippen LogP contribution in [0.5, 0.6) is 0 Å². The van der Waals surface area contributed by atoms with E-state index in [2.05, 4.69) is 4.99 Å². The second-order valence-corrected chi connectivity index (χ2v) is 3.68. The van der Waals surface area contributed by atoms with Gasteiger partial charge >= 0.3 is 12.1 Å². The number of esters is 1. The molecule has 0 aromatic heterocycles. The molecule has 0 aliphatic rings. The monoisotopic (exact) mass is 270 g/mol. The van der Waals surface area contributed by atoms with E-state index < -0.39 is 12.1 Å². The summed E-state index contributed by atoms with van der Waals surface area (Å²) in [6, 6.07) is 0. The Hall–Kier alpha value is -2.14. The minimum absolute atomic E-state index is 0.0386. The van der Waals surface area contributed by atoms with Crippen LogP contribution < -0.4 is 5.73 Å². The zero-order valence-electron chi connectivity index (χ0n) is 11.1. The van der Waals surface area contributed by atoms with Crippen molar-refractivity contribution in [3.05, 3.63) is 11.3 Å². The van der Waals surface area contributed by atoms with Crippen LogP contribution in [-0.2, 0) is 19.1 Å². The first-order valence-electron chi connectivity index (χ1n) is 5.90. The van der Waals surface area contributed by atoms with Crippen LogP contribution in [0.3, 0.4) is 0 Å². The molecule has 0 atom stereocenters. The first-order chi connectivity index (χ1) is 9.02. The Morgan fingerprint density at radius 2 is 2.05 bits per heavy atom. The molecule has 0 aliphatic heterocycles. The van der Waals surface area contributed by atoms with Crippen LogP contribution >= 0.6 is 0 Å². The van der Waals surface area contributed by atoms with Crippen LogP contribution in [0.15, 0.2) is 16.3 Å². The van der Waals surface area contributed by atoms with Gasteiger partial charge in [-0.2, -0.15) is 0 Å². The van der Waals surface area contributed by atoms with Gasteiger partial charge in [0, 0.05) is 6.42 Å². The van der Waals surface area contributed by atoms with Gasteiger partial charge in [-0.1, -0.05) is 13.3 Å². The van der Waals surface area contributed by atoms with E-state index in [1.165, 1.54) is 13.0 Å². The molecule has 0 saturated heterocycles. The van der Waals surface area contributed by atoms with E-state index in [-0.39, 0.29) is 24.5 Å². The Balaban J connectivity index is 4.63. The lowest BCUT2D eigenvalue weighted by molar-refractivity contribution is -0.138. The second-order valence-electron chi connectivity index (χ2n) is 3.68. The third kappa shape index (κ3) is 7.72. The van der Waals surface area contributed by atoms with Crippen LogP contribution in [0.25, 0.3) is 0 Å². The third-order valence-corrected chi connectivity index (χ3v) is 2.21. The largest absolute Gasteiger partial charge is 0.460 e. The number of hydrogen-bond acceptors (Lipinski definition) is 6. The summed E-state index contributed by atoms with van der Waals surface area (Å²) in [4.78, 5) is 35.5. The number of allylic oxidation sites excluding steroid dienone is 1. The zero-order valence-corrected chi connectivity index (χ0v) is 11.1. The zero-order chi connectivity index (χ0) is 14.7. The molecule has 0 radical (unpaired) electrons. The van der Waals surface area contributed by atoms with Crippen LogP contribution in [0.1, 0.15) is 33.1 Å². The van der Waals surface area contributed by atoms with Crippen molar-refractivity contribution < 1.29 is 23.9 Å². The van der Waals surface area contributed by atoms with Crippen molar-refractivity contribution >= 4 is 18.1 Å². The normalized spacial score (nSPS) is 11.1. The van der Waals surface area contributed by atoms with Gasteiger partial charge in [0.05, 0.1) is 12.1 Å². The Bertz CT molecular complexity index is 397. The lowest BCUT2D eigenvalue weighted by Gasteiger charge is -2.10. The number of carbonyl (C=O) groups is 2. The van der Waals surface area contributed by atoms with Crippen molar-refractivity contribution in [3.8, 4) is 0 Å². The molecule has 0 heterocycles. The smallest absolute Gasteiger partial charge is 0.409 e. The highest BCUT2D eigenvalue weighted by molar-refractivity contribution is 5.88. The van der Waals surface area contributed by atoms with Crippen molar-refractivity contribution in [2.24, 2.45) is 10.7 Å². The lowest BCUT2D eigenvalue weighted by atomic mass is 10.1. The Labute approximate surface area is 111 Å². The highest BCUT2D eigenvalue weighted by atomic mass is 16.6. The van der Waals surface area contributed by atoms with E-state index in [1.807, 2.05) is 6.92 Å². The third-order valence-electron chi connectivity index (χ3n) is 2.21. The highest BCUT2D eigenvalue weighted by Crippen LogP contribution is 2.15. The molecule has 1 amide bonds. The number of nitrogens with two attached hydrogens (primary N) is 1. The average molecular weight is 270 g/mol. The van der Waals surface area contributed by atoms with Crippen molar-refractivity contribution in [2.75, 3.05) is 13.2 Å². The van der Waals surface area contributed by atoms with Gasteiger partial charge in [-0.05, 0) is 13.3 Å². The van der Waals surface area contributed by atoms with Crippen LogP contribution in [0.4, 0.5) is 4.79 Å². The number of primary amides is 1. The Morgan fingerprint density at radius 3 is 2.58 bits per heavy atom. The lowest BCUT2D eigenvalue weighted by Crippen LogP contribution is -2.17. The number of carbonyl (C=O) groups excluding carboxylic acids is 3. The van der Waals surface area contributed by atoms with Gasteiger partial charge in [-0.3, -0.25) is 0 Å². The molecule has 106 valence electrons. The van der Waals surface area contributed by atoms with Gasteiger partial charge < -0.3 is 15.2 Å². The van der Waals surface area contributed by atoms with Gasteiger partial charge in [0.15, 0.2) is 0 Å². The van der Waals surface area contributed by atoms with Crippen LogP contribution in [0.2, 0.25) is 0 Å². The molecule has 0 unspecified atom stereocenters. The summed E-state index contributed by atoms with van der Waals surface area (Å²) >= 11 is 0. The standard InChI is InChI=1S/C12H18N2O5/c1-3-4-5-10(19-12(13)17)9(2)11(16)18-7-6-14-8-15/h3-7H2,1-2H3,(H2,13,17). The maximum Gasteiger partial charge on any atom is 0.409 e. The highest BCUT2D eigenvalue weighted by Gasteiger charge is 2.15. The molecule has 0 aromatic carbocycles. The summed E-state index contributed by atoms with van der Waals surface area (Å²) in [7, 11) is 0. The summed E-state index contributed by atoms with van der Waals surface area (Å²) < 4.78 is 9.64. The predicted molar refractivity (Wildman–Crippen MR) is 66.8 cm³/mol. The van der Waals surface area contributed by atoms with Crippen LogP contribution in [-0.4, -0.2) is 31.3 Å². The van der Waals surface area contributed by atoms with Gasteiger partial charge in [0.2, 0.25) is 6.08 Å². The SMILES string of the molecule is CCCCC(OC(N)=O)=C(C)C(=O)OCCN=C=O. The topological polar surface area (TPSA) is 108 Å². The number of aliphatic imine (C=N–C) groups is 1. The number of isocyanates is 1. The van der Waals surface area contributed by atoms with E-state index in [9.17, 15) is 14.4 Å². The number of nitrogens with zero attached hydrogens (tertiary/aromatic N) is 1. The fraction of sp³-hybridized carbons (Fsp3) is 0.583. The van der Waals surface area contributed by atoms with Crippen LogP contribution in [0, 0.1) is 0 Å². The molecule has 7 heteroatoms. The van der Waals surface area contributed by atoms with Gasteiger partial charge in [-0.25, -0.2) is 19.4 Å². The first-order valence-corrected chi connectivity index (χ1v) is 5.90. The summed E-state index contributed by atoms with van der Waals surface area (Å²) in [6.45, 7) is 3.46. The van der Waals surface area contributed by atoms with Crippen molar-refractivity contribution in [3.63, 3.8) is 0 Å². The number of ether oxygens (including phenoxy) is 2. The molecule has 0 bridgehead atoms. The van der Waals surface area contributed by atoms with E-state index in [0.717, 1.165) is 12.8 Å². The maximum atomic E-state index is 11.6. The number of unbranched alkanes of at least 4 members (excludes halogenated alkanes) is 1. The Morgan fingerprint density at radius 1 is 1.37 bits per heavy atom. The quantitative estimate of drug-likeness (QED) is 0.179. The number of hydrogen-bond donors (Lipinski definition) is 1. The number of amides is 1. The molecule has 19 heavy (non-hydrogen) atoms. The van der Waals surface area contributed by atoms with Crippen molar-refractivity contribution in [1.29, 1.82) is 0 Å². The minimum atomic E-state index is -0.969. The molecular weight excluding hydrogens is 252 g/mol. The average Bonchev–Trinajstić information content (AvgIpc) is 2.38. The number of rotatable bonds is 8. The maximum absolute atomic E-state index is 11.6. The molecule has 0 aromatic rings. The molecule has 2 N–H and O–H groups in total. The first kappa shape index (κ1) is 16.9. The van der Waals surface area contributed by atoms with Gasteiger partial charge in [0.1, 0.15) is 12.4 Å². The summed E-state index contributed by atoms with van der Waals surface area (Å²) in [5.74, 6) is -0.424. The summed E-state index contributed by atoms with van der Waals surface area (Å²) in [6.07, 6.45) is 2.42. The fourth-order valence-corrected chi connectivity index (χ4v) is 1.23. The van der Waals surface area contributed by atoms with Gasteiger partial charge in [0.25, 0.3) is 0 Å². The van der Waals surface area contributed by atoms with Gasteiger partial charge in [-0.15, -0.1) is 0 Å². The molecule has 0 saturated carbocycles. The summed E-state index contributed by atoms with van der Waals surface area (Å²) in [5, 5.41) is 0. The van der Waals surface area contributed by atoms with E-state index in [0.29, 0.717) is 6.42 Å². The van der Waals surface area contributed by atoms with E-state index in [4.69, 9.17) is 15.2 Å². The minimum Gasteiger partial charge on any atom is -0.460 e. The summed E-state index contributed by atoms with van der Waals surface area (Å²) in [5.41, 5.74) is 5.12. The molecule has 0 aliphatic carbocycles. The van der Waals surface area contributed by atoms with E-state index in [1.54, 1.807) is 0 Å². The van der Waals surface area contributed by atoms with Crippen molar-refractivity contribution in [1.82, 2.24) is 0 Å². The molecule has 0 fully saturated rings. The molecule has 0 spiro atoms. The molecule has 0 rings (SSSR count). The van der Waals surface area contributed by atoms with E-state index >= 15 is 0 Å².